The van der Waals surface area contributed by atoms with Gasteiger partial charge in [-0.15, -0.1) is 0 Å². The van der Waals surface area contributed by atoms with Crippen LogP contribution < -0.4 is 0 Å². The summed E-state index contributed by atoms with van der Waals surface area (Å²) < 4.78 is 0. The van der Waals surface area contributed by atoms with Crippen molar-refractivity contribution >= 4 is 0 Å². The van der Waals surface area contributed by atoms with E-state index in [-0.39, 0.29) is 6.10 Å². The van der Waals surface area contributed by atoms with Crippen LogP contribution in [-0.4, -0.2) is 5.26 Å². The van der Waals surface area contributed by atoms with Crippen LogP contribution in [0.4, 0.5) is 0 Å². The van der Waals surface area contributed by atoms with E-state index in [0.29, 0.717) is 5.92 Å². The van der Waals surface area contributed by atoms with E-state index in [1.165, 1.54) is 32.1 Å². The molecule has 2 rings (SSSR count). The molecule has 1 aromatic rings. The molecule has 2 nitrogen and oxygen atoms in total. The zero-order valence-corrected chi connectivity index (χ0v) is 8.93. The summed E-state index contributed by atoms with van der Waals surface area (Å²) in [7, 11) is 0. The largest absolute Gasteiger partial charge is 0.251 e. The molecule has 0 amide bonds. The molecule has 0 radical (unpaired) electrons. The van der Waals surface area contributed by atoms with Gasteiger partial charge in [-0.25, -0.2) is 4.89 Å². The minimum absolute atomic E-state index is 0.133. The molecule has 0 aromatic heterocycles. The van der Waals surface area contributed by atoms with E-state index in [1.807, 2.05) is 30.3 Å². The summed E-state index contributed by atoms with van der Waals surface area (Å²) in [5, 5.41) is 9.03. The van der Waals surface area contributed by atoms with Gasteiger partial charge in [0, 0.05) is 0 Å². The molecule has 15 heavy (non-hydrogen) atoms. The maximum Gasteiger partial charge on any atom is 0.120 e. The van der Waals surface area contributed by atoms with Crippen LogP contribution in [0, 0.1) is 5.92 Å². The Morgan fingerprint density at radius 2 is 1.73 bits per heavy atom. The van der Waals surface area contributed by atoms with Crippen molar-refractivity contribution in [3.05, 3.63) is 35.9 Å². The Labute approximate surface area is 90.8 Å². The molecular formula is C13H18O2. The van der Waals surface area contributed by atoms with Gasteiger partial charge in [-0.05, 0) is 24.3 Å². The molecule has 0 saturated heterocycles. The Bertz CT molecular complexity index is 278. The van der Waals surface area contributed by atoms with Gasteiger partial charge >= 0.3 is 0 Å². The van der Waals surface area contributed by atoms with Crippen LogP contribution in [0.2, 0.25) is 0 Å². The fraction of sp³-hybridized carbons (Fsp3) is 0.538. The topological polar surface area (TPSA) is 29.5 Å². The maximum absolute atomic E-state index is 9.03. The molecule has 0 spiro atoms. The predicted octanol–water partition coefficient (Wildman–Crippen LogP) is 3.80. The monoisotopic (exact) mass is 206 g/mol. The maximum atomic E-state index is 9.03. The van der Waals surface area contributed by atoms with Crippen molar-refractivity contribution in [3.8, 4) is 0 Å². The van der Waals surface area contributed by atoms with E-state index in [1.54, 1.807) is 0 Å². The highest BCUT2D eigenvalue weighted by Gasteiger charge is 2.25. The highest BCUT2D eigenvalue weighted by Crippen LogP contribution is 2.36. The molecule has 1 saturated carbocycles. The van der Waals surface area contributed by atoms with Crippen molar-refractivity contribution < 1.29 is 10.1 Å². The average molecular weight is 206 g/mol. The molecule has 1 N–H and O–H groups in total. The van der Waals surface area contributed by atoms with Gasteiger partial charge < -0.3 is 0 Å². The Kier molecular flexibility index (Phi) is 3.75. The van der Waals surface area contributed by atoms with Crippen molar-refractivity contribution in [1.82, 2.24) is 0 Å². The van der Waals surface area contributed by atoms with E-state index >= 15 is 0 Å². The van der Waals surface area contributed by atoms with Gasteiger partial charge in [0.05, 0.1) is 0 Å². The lowest BCUT2D eigenvalue weighted by atomic mass is 9.83. The summed E-state index contributed by atoms with van der Waals surface area (Å²) in [6, 6.07) is 10.0. The summed E-state index contributed by atoms with van der Waals surface area (Å²) >= 11 is 0. The third-order valence-electron chi connectivity index (χ3n) is 3.32. The van der Waals surface area contributed by atoms with Crippen molar-refractivity contribution in [3.63, 3.8) is 0 Å². The lowest BCUT2D eigenvalue weighted by Crippen LogP contribution is -2.18. The molecular weight excluding hydrogens is 188 g/mol. The minimum atomic E-state index is -0.133. The third kappa shape index (κ3) is 2.58. The van der Waals surface area contributed by atoms with Gasteiger partial charge in [-0.3, -0.25) is 5.26 Å². The van der Waals surface area contributed by atoms with Crippen LogP contribution in [-0.2, 0) is 4.89 Å². The lowest BCUT2D eigenvalue weighted by Gasteiger charge is -2.28. The first kappa shape index (κ1) is 10.7. The second kappa shape index (κ2) is 5.29. The van der Waals surface area contributed by atoms with Crippen molar-refractivity contribution in [1.29, 1.82) is 0 Å². The molecule has 2 heteroatoms. The SMILES string of the molecule is OO[C@@H](c1ccccc1)C1CCCCC1. The van der Waals surface area contributed by atoms with E-state index in [4.69, 9.17) is 5.26 Å². The molecule has 0 bridgehead atoms. The van der Waals surface area contributed by atoms with Crippen molar-refractivity contribution in [2.45, 2.75) is 38.2 Å². The van der Waals surface area contributed by atoms with Gasteiger partial charge in [0.1, 0.15) is 6.10 Å². The average Bonchev–Trinajstić information content (AvgIpc) is 2.33. The molecule has 0 heterocycles. The van der Waals surface area contributed by atoms with Crippen molar-refractivity contribution in [2.75, 3.05) is 0 Å². The second-order valence-electron chi connectivity index (χ2n) is 4.33. The first-order valence-electron chi connectivity index (χ1n) is 5.77. The summed E-state index contributed by atoms with van der Waals surface area (Å²) in [6.07, 6.45) is 6.05. The Morgan fingerprint density at radius 3 is 2.33 bits per heavy atom. The first-order valence-corrected chi connectivity index (χ1v) is 5.77. The summed E-state index contributed by atoms with van der Waals surface area (Å²) in [5.41, 5.74) is 1.09. The zero-order chi connectivity index (χ0) is 10.5. The molecule has 0 unspecified atom stereocenters. The Balaban J connectivity index is 2.09. The van der Waals surface area contributed by atoms with Gasteiger partial charge in [-0.1, -0.05) is 49.6 Å². The Hall–Kier alpha value is -0.860. The predicted molar refractivity (Wildman–Crippen MR) is 59.5 cm³/mol. The standard InChI is InChI=1S/C13H18O2/c14-15-13(11-7-3-1-4-8-11)12-9-5-2-6-10-12/h1,3-4,7-8,12-14H,2,5-6,9-10H2/t13-/m0/s1. The van der Waals surface area contributed by atoms with E-state index < -0.39 is 0 Å². The zero-order valence-electron chi connectivity index (χ0n) is 8.93. The smallest absolute Gasteiger partial charge is 0.120 e. The molecule has 0 aliphatic heterocycles. The molecule has 1 aliphatic carbocycles. The highest BCUT2D eigenvalue weighted by molar-refractivity contribution is 5.18. The summed E-state index contributed by atoms with van der Waals surface area (Å²) in [5.74, 6) is 0.478. The lowest BCUT2D eigenvalue weighted by molar-refractivity contribution is -0.295. The molecule has 1 aliphatic rings. The van der Waals surface area contributed by atoms with Crippen LogP contribution >= 0.6 is 0 Å². The van der Waals surface area contributed by atoms with Gasteiger partial charge in [0.2, 0.25) is 0 Å². The quantitative estimate of drug-likeness (QED) is 0.602. The first-order chi connectivity index (χ1) is 7.42. The van der Waals surface area contributed by atoms with E-state index in [0.717, 1.165) is 5.56 Å². The second-order valence-corrected chi connectivity index (χ2v) is 4.33. The number of hydrogen-bond donors (Lipinski definition) is 1. The number of hydrogen-bond acceptors (Lipinski definition) is 2. The Morgan fingerprint density at radius 1 is 1.07 bits per heavy atom. The summed E-state index contributed by atoms with van der Waals surface area (Å²) in [6.45, 7) is 0. The highest BCUT2D eigenvalue weighted by atomic mass is 17.1. The molecule has 1 aromatic carbocycles. The summed E-state index contributed by atoms with van der Waals surface area (Å²) in [4.78, 5) is 4.68. The minimum Gasteiger partial charge on any atom is -0.251 e. The molecule has 1 fully saturated rings. The molecule has 82 valence electrons. The van der Waals surface area contributed by atoms with Crippen LogP contribution in [0.5, 0.6) is 0 Å². The van der Waals surface area contributed by atoms with Crippen LogP contribution in [0.15, 0.2) is 30.3 Å². The van der Waals surface area contributed by atoms with E-state index in [9.17, 15) is 0 Å². The third-order valence-corrected chi connectivity index (χ3v) is 3.32. The van der Waals surface area contributed by atoms with Crippen LogP contribution in [0.25, 0.3) is 0 Å². The fourth-order valence-corrected chi connectivity index (χ4v) is 2.50. The molecule has 1 atom stereocenters. The van der Waals surface area contributed by atoms with Crippen molar-refractivity contribution in [2.24, 2.45) is 5.92 Å². The fourth-order valence-electron chi connectivity index (χ4n) is 2.50. The van der Waals surface area contributed by atoms with Gasteiger partial charge in [0.15, 0.2) is 0 Å². The van der Waals surface area contributed by atoms with Crippen LogP contribution in [0.1, 0.15) is 43.8 Å². The van der Waals surface area contributed by atoms with E-state index in [2.05, 4.69) is 4.89 Å². The van der Waals surface area contributed by atoms with Gasteiger partial charge in [-0.2, -0.15) is 0 Å². The van der Waals surface area contributed by atoms with Gasteiger partial charge in [0.25, 0.3) is 0 Å². The number of benzene rings is 1. The van der Waals surface area contributed by atoms with Crippen LogP contribution in [0.3, 0.4) is 0 Å². The normalized spacial score (nSPS) is 20.1. The number of rotatable bonds is 3.